The predicted octanol–water partition coefficient (Wildman–Crippen LogP) is 6.17. The van der Waals surface area contributed by atoms with Gasteiger partial charge in [0.2, 0.25) is 11.6 Å². The van der Waals surface area contributed by atoms with Gasteiger partial charge in [-0.15, -0.1) is 5.10 Å². The highest BCUT2D eigenvalue weighted by molar-refractivity contribution is 7.99. The van der Waals surface area contributed by atoms with Crippen LogP contribution in [0.1, 0.15) is 5.56 Å². The summed E-state index contributed by atoms with van der Waals surface area (Å²) in [5.41, 5.74) is 0.502. The Balaban J connectivity index is 1.37. The fraction of sp³-hybridized carbons (Fsp3) is 0.0909. The number of nitrogens with one attached hydrogen (secondary N) is 2. The molecule has 0 amide bonds. The average Bonchev–Trinajstić information content (AvgIpc) is 3.41. The molecule has 35 heavy (non-hydrogen) atoms. The largest absolute Gasteiger partial charge is 0.416 e. The Morgan fingerprint density at radius 1 is 0.971 bits per heavy atom. The lowest BCUT2D eigenvalue weighted by Crippen LogP contribution is -2.05. The molecule has 0 saturated carbocycles. The van der Waals surface area contributed by atoms with Crippen LogP contribution < -0.4 is 10.6 Å². The summed E-state index contributed by atoms with van der Waals surface area (Å²) in [6.07, 6.45) is 2.24. The first-order chi connectivity index (χ1) is 16.8. The molecule has 5 aromatic rings. The van der Waals surface area contributed by atoms with Crippen molar-refractivity contribution in [1.82, 2.24) is 29.1 Å². The molecule has 178 valence electrons. The number of imidazole rings is 1. The maximum Gasteiger partial charge on any atom is 0.416 e. The highest BCUT2D eigenvalue weighted by Crippen LogP contribution is 2.35. The second-order valence-electron chi connectivity index (χ2n) is 7.38. The summed E-state index contributed by atoms with van der Waals surface area (Å²) in [6, 6.07) is 10.3. The summed E-state index contributed by atoms with van der Waals surface area (Å²) in [6.45, 7) is 0. The fourth-order valence-electron chi connectivity index (χ4n) is 3.21. The first kappa shape index (κ1) is 23.0. The summed E-state index contributed by atoms with van der Waals surface area (Å²) >= 11 is 7.92. The van der Waals surface area contributed by atoms with Crippen molar-refractivity contribution in [1.29, 1.82) is 0 Å². The summed E-state index contributed by atoms with van der Waals surface area (Å²) in [7, 11) is 1.90. The van der Waals surface area contributed by atoms with Gasteiger partial charge in [-0.1, -0.05) is 29.4 Å². The van der Waals surface area contributed by atoms with Crippen LogP contribution in [-0.4, -0.2) is 29.1 Å². The lowest BCUT2D eigenvalue weighted by molar-refractivity contribution is -0.137. The third-order valence-corrected chi connectivity index (χ3v) is 6.45. The zero-order chi connectivity index (χ0) is 24.6. The number of alkyl halides is 3. The first-order valence-electron chi connectivity index (χ1n) is 10.1. The molecule has 0 spiro atoms. The lowest BCUT2D eigenvalue weighted by atomic mass is 10.2. The quantitative estimate of drug-likeness (QED) is 0.279. The van der Waals surface area contributed by atoms with Crippen molar-refractivity contribution in [2.24, 2.45) is 7.05 Å². The molecule has 13 heteroatoms. The second kappa shape index (κ2) is 9.12. The van der Waals surface area contributed by atoms with Crippen molar-refractivity contribution < 1.29 is 13.2 Å². The Bertz CT molecular complexity index is 1510. The van der Waals surface area contributed by atoms with Crippen LogP contribution in [0.25, 0.3) is 5.65 Å². The standard InChI is InChI=1S/C22H16ClF3N8S/c1-33-9-7-28-21(33)35-17-6-5-15(12-16(17)23)29-18-19-31-20(32-34(19)10-8-27-18)30-14-4-2-3-13(11-14)22(24,25)26/h2-12H,1H3,(H,27,29)(H,30,32). The normalized spacial score (nSPS) is 11.7. The van der Waals surface area contributed by atoms with E-state index in [4.69, 9.17) is 11.6 Å². The summed E-state index contributed by atoms with van der Waals surface area (Å²) in [4.78, 5) is 13.8. The van der Waals surface area contributed by atoms with Crippen molar-refractivity contribution in [2.75, 3.05) is 10.6 Å². The summed E-state index contributed by atoms with van der Waals surface area (Å²) in [5, 5.41) is 11.6. The SMILES string of the molecule is Cn1ccnc1Sc1ccc(Nc2nccn3nc(Nc4cccc(C(F)(F)F)c4)nc23)cc1Cl. The Kier molecular flexibility index (Phi) is 5.99. The highest BCUT2D eigenvalue weighted by atomic mass is 35.5. The van der Waals surface area contributed by atoms with Crippen molar-refractivity contribution in [3.8, 4) is 0 Å². The van der Waals surface area contributed by atoms with Gasteiger partial charge in [-0.3, -0.25) is 0 Å². The third kappa shape index (κ3) is 5.03. The van der Waals surface area contributed by atoms with E-state index in [1.165, 1.54) is 34.6 Å². The smallest absolute Gasteiger partial charge is 0.337 e. The zero-order valence-corrected chi connectivity index (χ0v) is 19.5. The number of aryl methyl sites for hydroxylation is 1. The number of benzene rings is 2. The highest BCUT2D eigenvalue weighted by Gasteiger charge is 2.30. The van der Waals surface area contributed by atoms with E-state index in [1.807, 2.05) is 29.9 Å². The van der Waals surface area contributed by atoms with Crippen LogP contribution in [-0.2, 0) is 13.2 Å². The van der Waals surface area contributed by atoms with E-state index in [9.17, 15) is 13.2 Å². The minimum absolute atomic E-state index is 0.125. The molecule has 0 bridgehead atoms. The molecular weight excluding hydrogens is 501 g/mol. The Morgan fingerprint density at radius 2 is 1.77 bits per heavy atom. The molecule has 5 rings (SSSR count). The molecule has 0 aliphatic rings. The van der Waals surface area contributed by atoms with E-state index in [2.05, 4.69) is 30.7 Å². The number of halogens is 4. The van der Waals surface area contributed by atoms with Gasteiger partial charge >= 0.3 is 6.18 Å². The second-order valence-corrected chi connectivity index (χ2v) is 8.79. The van der Waals surface area contributed by atoms with Crippen molar-refractivity contribution in [3.05, 3.63) is 77.8 Å². The van der Waals surface area contributed by atoms with Crippen LogP contribution in [0.4, 0.5) is 36.3 Å². The molecule has 0 radical (unpaired) electrons. The van der Waals surface area contributed by atoms with Crippen molar-refractivity contribution in [2.45, 2.75) is 16.2 Å². The van der Waals surface area contributed by atoms with Gasteiger partial charge in [0.15, 0.2) is 11.0 Å². The zero-order valence-electron chi connectivity index (χ0n) is 18.0. The van der Waals surface area contributed by atoms with Gasteiger partial charge in [-0.2, -0.15) is 18.2 Å². The molecule has 0 fully saturated rings. The van der Waals surface area contributed by atoms with Crippen LogP contribution in [0.15, 0.2) is 77.3 Å². The third-order valence-electron chi connectivity index (χ3n) is 4.87. The molecule has 0 atom stereocenters. The number of hydrogen-bond acceptors (Lipinski definition) is 7. The van der Waals surface area contributed by atoms with Gasteiger partial charge in [0.05, 0.1) is 10.6 Å². The molecule has 2 N–H and O–H groups in total. The topological polar surface area (TPSA) is 85.0 Å². The van der Waals surface area contributed by atoms with Crippen LogP contribution in [0, 0.1) is 0 Å². The molecule has 0 saturated heterocycles. The molecule has 0 unspecified atom stereocenters. The Morgan fingerprint density at radius 3 is 2.51 bits per heavy atom. The molecule has 3 aromatic heterocycles. The fourth-order valence-corrected chi connectivity index (χ4v) is 4.31. The van der Waals surface area contributed by atoms with Crippen LogP contribution >= 0.6 is 23.4 Å². The van der Waals surface area contributed by atoms with Gasteiger partial charge in [0.25, 0.3) is 0 Å². The molecule has 0 aliphatic heterocycles. The molecule has 3 heterocycles. The van der Waals surface area contributed by atoms with Gasteiger partial charge < -0.3 is 15.2 Å². The van der Waals surface area contributed by atoms with E-state index in [0.29, 0.717) is 22.2 Å². The van der Waals surface area contributed by atoms with Crippen molar-refractivity contribution >= 4 is 52.2 Å². The number of fused-ring (bicyclic) bond motifs is 1. The van der Waals surface area contributed by atoms with Gasteiger partial charge in [0, 0.05) is 48.1 Å². The number of rotatable bonds is 6. The monoisotopic (exact) mass is 516 g/mol. The van der Waals surface area contributed by atoms with Gasteiger partial charge in [-0.05, 0) is 36.4 Å². The van der Waals surface area contributed by atoms with Crippen molar-refractivity contribution in [3.63, 3.8) is 0 Å². The minimum atomic E-state index is -4.45. The average molecular weight is 517 g/mol. The number of hydrogen-bond donors (Lipinski definition) is 2. The molecule has 2 aromatic carbocycles. The van der Waals surface area contributed by atoms with E-state index in [1.54, 1.807) is 18.5 Å². The Labute approximate surface area is 206 Å². The predicted molar refractivity (Wildman–Crippen MR) is 128 cm³/mol. The van der Waals surface area contributed by atoms with Gasteiger partial charge in [-0.25, -0.2) is 14.5 Å². The van der Waals surface area contributed by atoms with Crippen LogP contribution in [0.2, 0.25) is 5.02 Å². The van der Waals surface area contributed by atoms with E-state index >= 15 is 0 Å². The number of nitrogens with zero attached hydrogens (tertiary/aromatic N) is 6. The van der Waals surface area contributed by atoms with E-state index in [0.717, 1.165) is 22.2 Å². The Hall–Kier alpha value is -3.77. The minimum Gasteiger partial charge on any atom is -0.337 e. The summed E-state index contributed by atoms with van der Waals surface area (Å²) < 4.78 is 42.4. The lowest BCUT2D eigenvalue weighted by Gasteiger charge is -2.09. The van der Waals surface area contributed by atoms with Gasteiger partial charge in [0.1, 0.15) is 0 Å². The number of anilines is 4. The van der Waals surface area contributed by atoms with E-state index in [-0.39, 0.29) is 11.6 Å². The maximum atomic E-state index is 13.0. The first-order valence-corrected chi connectivity index (χ1v) is 11.3. The van der Waals surface area contributed by atoms with E-state index < -0.39 is 11.7 Å². The molecular formula is C22H16ClF3N8S. The maximum absolute atomic E-state index is 13.0. The molecule has 0 aliphatic carbocycles. The van der Waals surface area contributed by atoms with Crippen LogP contribution in [0.3, 0.4) is 0 Å². The van der Waals surface area contributed by atoms with Crippen LogP contribution in [0.5, 0.6) is 0 Å². The molecule has 8 nitrogen and oxygen atoms in total. The summed E-state index contributed by atoms with van der Waals surface area (Å²) in [5.74, 6) is 0.526. The number of aromatic nitrogens is 6.